The van der Waals surface area contributed by atoms with E-state index < -0.39 is 10.0 Å². The number of rotatable bonds is 4. The van der Waals surface area contributed by atoms with Crippen molar-refractivity contribution < 1.29 is 8.42 Å². The summed E-state index contributed by atoms with van der Waals surface area (Å²) in [5, 5.41) is 1.08. The smallest absolute Gasteiger partial charge is 0.243 e. The van der Waals surface area contributed by atoms with Gasteiger partial charge in [0, 0.05) is 29.9 Å². The maximum Gasteiger partial charge on any atom is 0.243 e. The molecule has 7 heteroatoms. The Morgan fingerprint density at radius 2 is 1.64 bits per heavy atom. The van der Waals surface area contributed by atoms with Gasteiger partial charge in [0.15, 0.2) is 0 Å². The SMILES string of the molecule is O=S(=O)(c1ccc(N=Cc2ccc(Cl)cc2Cl)cc1)N1CCCCC1. The van der Waals surface area contributed by atoms with E-state index in [4.69, 9.17) is 23.2 Å². The average Bonchev–Trinajstić information content (AvgIpc) is 2.62. The maximum atomic E-state index is 12.6. The van der Waals surface area contributed by atoms with E-state index in [-0.39, 0.29) is 0 Å². The molecule has 0 spiro atoms. The van der Waals surface area contributed by atoms with Crippen molar-refractivity contribution in [2.75, 3.05) is 13.1 Å². The number of sulfonamides is 1. The van der Waals surface area contributed by atoms with Crippen LogP contribution in [0.25, 0.3) is 0 Å². The molecule has 0 unspecified atom stereocenters. The van der Waals surface area contributed by atoms with Crippen LogP contribution in [0.4, 0.5) is 5.69 Å². The van der Waals surface area contributed by atoms with Crippen LogP contribution in [0.15, 0.2) is 52.4 Å². The van der Waals surface area contributed by atoms with E-state index in [1.54, 1.807) is 53.0 Å². The molecule has 2 aromatic carbocycles. The summed E-state index contributed by atoms with van der Waals surface area (Å²) in [6.45, 7) is 1.19. The summed E-state index contributed by atoms with van der Waals surface area (Å²) in [6.07, 6.45) is 4.56. The van der Waals surface area contributed by atoms with Crippen LogP contribution < -0.4 is 0 Å². The Balaban J connectivity index is 1.76. The zero-order chi connectivity index (χ0) is 17.9. The largest absolute Gasteiger partial charge is 0.256 e. The quantitative estimate of drug-likeness (QED) is 0.688. The first-order valence-corrected chi connectivity index (χ1v) is 10.3. The molecule has 0 radical (unpaired) electrons. The van der Waals surface area contributed by atoms with E-state index in [2.05, 4.69) is 4.99 Å². The average molecular weight is 397 g/mol. The number of hydrogen-bond donors (Lipinski definition) is 0. The van der Waals surface area contributed by atoms with Crippen molar-refractivity contribution >= 4 is 45.1 Å². The minimum atomic E-state index is -3.41. The second-order valence-electron chi connectivity index (χ2n) is 5.88. The van der Waals surface area contributed by atoms with Crippen LogP contribution in [0, 0.1) is 0 Å². The molecule has 1 aliphatic heterocycles. The van der Waals surface area contributed by atoms with Gasteiger partial charge in [-0.15, -0.1) is 0 Å². The molecule has 0 atom stereocenters. The van der Waals surface area contributed by atoms with Crippen LogP contribution in [0.5, 0.6) is 0 Å². The molecule has 0 N–H and O–H groups in total. The third-order valence-electron chi connectivity index (χ3n) is 4.10. The fourth-order valence-electron chi connectivity index (χ4n) is 2.71. The predicted molar refractivity (Wildman–Crippen MR) is 103 cm³/mol. The number of benzene rings is 2. The fourth-order valence-corrected chi connectivity index (χ4v) is 4.68. The highest BCUT2D eigenvalue weighted by Gasteiger charge is 2.25. The molecule has 1 saturated heterocycles. The minimum Gasteiger partial charge on any atom is -0.256 e. The topological polar surface area (TPSA) is 49.7 Å². The highest BCUT2D eigenvalue weighted by atomic mass is 35.5. The second-order valence-corrected chi connectivity index (χ2v) is 8.66. The van der Waals surface area contributed by atoms with Gasteiger partial charge in [0.05, 0.1) is 15.6 Å². The first-order valence-electron chi connectivity index (χ1n) is 8.06. The van der Waals surface area contributed by atoms with E-state index in [1.807, 2.05) is 0 Å². The van der Waals surface area contributed by atoms with Gasteiger partial charge in [0.25, 0.3) is 0 Å². The van der Waals surface area contributed by atoms with Gasteiger partial charge in [-0.1, -0.05) is 35.7 Å². The van der Waals surface area contributed by atoms with Crippen LogP contribution >= 0.6 is 23.2 Å². The Hall–Kier alpha value is -1.40. The summed E-state index contributed by atoms with van der Waals surface area (Å²) >= 11 is 12.0. The lowest BCUT2D eigenvalue weighted by molar-refractivity contribution is 0.346. The Morgan fingerprint density at radius 3 is 2.28 bits per heavy atom. The molecule has 3 rings (SSSR count). The van der Waals surface area contributed by atoms with Crippen LogP contribution in [-0.2, 0) is 10.0 Å². The second kappa shape index (κ2) is 7.87. The summed E-state index contributed by atoms with van der Waals surface area (Å²) < 4.78 is 26.8. The lowest BCUT2D eigenvalue weighted by atomic mass is 10.2. The minimum absolute atomic E-state index is 0.304. The van der Waals surface area contributed by atoms with Crippen molar-refractivity contribution in [1.29, 1.82) is 0 Å². The van der Waals surface area contributed by atoms with Crippen LogP contribution in [0.1, 0.15) is 24.8 Å². The molecule has 1 aliphatic rings. The molecular formula is C18H18Cl2N2O2S. The van der Waals surface area contributed by atoms with Gasteiger partial charge in [-0.2, -0.15) is 4.31 Å². The lowest BCUT2D eigenvalue weighted by Gasteiger charge is -2.25. The summed E-state index contributed by atoms with van der Waals surface area (Å²) in [4.78, 5) is 4.65. The Morgan fingerprint density at radius 1 is 0.960 bits per heavy atom. The highest BCUT2D eigenvalue weighted by Crippen LogP contribution is 2.24. The molecule has 4 nitrogen and oxygen atoms in total. The molecule has 0 amide bonds. The Labute approximate surface area is 158 Å². The van der Waals surface area contributed by atoms with Crippen molar-refractivity contribution in [2.24, 2.45) is 4.99 Å². The summed E-state index contributed by atoms with van der Waals surface area (Å²) in [5.74, 6) is 0. The molecule has 1 heterocycles. The molecule has 0 aliphatic carbocycles. The molecule has 2 aromatic rings. The molecule has 0 saturated carbocycles. The molecule has 0 aromatic heterocycles. The predicted octanol–water partition coefficient (Wildman–Crippen LogP) is 4.92. The van der Waals surface area contributed by atoms with Crippen LogP contribution in [-0.4, -0.2) is 32.0 Å². The van der Waals surface area contributed by atoms with Gasteiger partial charge in [-0.05, 0) is 49.2 Å². The van der Waals surface area contributed by atoms with E-state index in [0.29, 0.717) is 33.7 Å². The van der Waals surface area contributed by atoms with Crippen molar-refractivity contribution in [2.45, 2.75) is 24.2 Å². The fraction of sp³-hybridized carbons (Fsp3) is 0.278. The van der Waals surface area contributed by atoms with Crippen molar-refractivity contribution in [1.82, 2.24) is 4.31 Å². The molecule has 25 heavy (non-hydrogen) atoms. The number of halogens is 2. The first kappa shape index (κ1) is 18.4. The molecule has 1 fully saturated rings. The number of nitrogens with zero attached hydrogens (tertiary/aromatic N) is 2. The maximum absolute atomic E-state index is 12.6. The zero-order valence-electron chi connectivity index (χ0n) is 13.5. The van der Waals surface area contributed by atoms with E-state index >= 15 is 0 Å². The zero-order valence-corrected chi connectivity index (χ0v) is 15.9. The van der Waals surface area contributed by atoms with Crippen molar-refractivity contribution in [3.05, 3.63) is 58.1 Å². The third kappa shape index (κ3) is 4.42. The van der Waals surface area contributed by atoms with Crippen LogP contribution in [0.2, 0.25) is 10.0 Å². The van der Waals surface area contributed by atoms with Gasteiger partial charge in [-0.25, -0.2) is 8.42 Å². The van der Waals surface area contributed by atoms with Crippen molar-refractivity contribution in [3.8, 4) is 0 Å². The standard InChI is InChI=1S/C18H18Cl2N2O2S/c19-15-5-4-14(18(20)12-15)13-21-16-6-8-17(9-7-16)25(23,24)22-10-2-1-3-11-22/h4-9,12-13H,1-3,10-11H2. The Bertz CT molecular complexity index is 874. The van der Waals surface area contributed by atoms with E-state index in [0.717, 1.165) is 24.8 Å². The van der Waals surface area contributed by atoms with Crippen molar-refractivity contribution in [3.63, 3.8) is 0 Å². The molecule has 0 bridgehead atoms. The number of aliphatic imine (C=N–C) groups is 1. The van der Waals surface area contributed by atoms with Gasteiger partial charge in [0.2, 0.25) is 10.0 Å². The van der Waals surface area contributed by atoms with Gasteiger partial charge in [-0.3, -0.25) is 4.99 Å². The van der Waals surface area contributed by atoms with Gasteiger partial charge in [0.1, 0.15) is 0 Å². The highest BCUT2D eigenvalue weighted by molar-refractivity contribution is 7.89. The molecular weight excluding hydrogens is 379 g/mol. The third-order valence-corrected chi connectivity index (χ3v) is 6.58. The summed E-state index contributed by atoms with van der Waals surface area (Å²) in [5.41, 5.74) is 1.40. The van der Waals surface area contributed by atoms with Gasteiger partial charge < -0.3 is 0 Å². The van der Waals surface area contributed by atoms with Gasteiger partial charge >= 0.3 is 0 Å². The van der Waals surface area contributed by atoms with Crippen LogP contribution in [0.3, 0.4) is 0 Å². The molecule has 132 valence electrons. The van der Waals surface area contributed by atoms with E-state index in [1.165, 1.54) is 0 Å². The lowest BCUT2D eigenvalue weighted by Crippen LogP contribution is -2.35. The first-order chi connectivity index (χ1) is 12.0. The number of hydrogen-bond acceptors (Lipinski definition) is 3. The number of piperidine rings is 1. The summed E-state index contributed by atoms with van der Waals surface area (Å²) in [6, 6.07) is 11.7. The summed E-state index contributed by atoms with van der Waals surface area (Å²) in [7, 11) is -3.41. The Kier molecular flexibility index (Phi) is 5.79. The monoisotopic (exact) mass is 396 g/mol. The normalized spacial score (nSPS) is 16.4. The van der Waals surface area contributed by atoms with E-state index in [9.17, 15) is 8.42 Å².